The predicted molar refractivity (Wildman–Crippen MR) is 463 cm³/mol. The second-order valence-corrected chi connectivity index (χ2v) is 28.0. The van der Waals surface area contributed by atoms with E-state index in [1.807, 2.05) is 42.6 Å². The fourth-order valence-electron chi connectivity index (χ4n) is 12.3. The molecule has 116 heavy (non-hydrogen) atoms. The molecule has 4 aromatic heterocycles. The van der Waals surface area contributed by atoms with Crippen molar-refractivity contribution in [2.24, 2.45) is 0 Å². The summed E-state index contributed by atoms with van der Waals surface area (Å²) in [5.74, 6) is -0.250. The zero-order chi connectivity index (χ0) is 82.5. The van der Waals surface area contributed by atoms with Gasteiger partial charge in [-0.15, -0.1) is 141 Å². The predicted octanol–water partition coefficient (Wildman–Crippen LogP) is 24.8. The standard InChI is InChI=1S/C24H20N.C19H18N.C19H16N.C18H16N.4C5H8O2.4Ir/c1-16-8-10-19(11-9-16)22-15-24(20-13-17(2)12-18(3)14-20)25-23-7-5-4-6-21(22)23;1-12-8-13(2)10-16(9-12)18-11-15(4)19-14(3)6-5-7-17(19)20-18;1-14-10-15(2)12-18(11-14)17-8-9-20-19(13-17)16-6-4-3-5-7-16;1-12-8-13(2)10-15(9-12)18-11-14(3)16-6-4-5-7-17(16)19-18;4*1-4(6)3-5(2)7;;;;/h4-13,15H,1-3H3;5-9,11H,1-4H3;3-6,8-13H,1-2H3;4-9,11H,1-3H3;4*3,6H,1-2H3;;;;/q4*-1;;;;;;;;. The topological polar surface area (TPSA) is 201 Å². The maximum absolute atomic E-state index is 10.0. The van der Waals surface area contributed by atoms with Gasteiger partial charge in [0.2, 0.25) is 0 Å². The number of carbonyl (C=O) groups excluding carboxylic acids is 4. The number of nitrogens with zero attached hydrogens (tertiary/aromatic N) is 4. The molecule has 16 heteroatoms. The molecule has 4 radical (unpaired) electrons. The molecular weight excluding hydrogens is 2150 g/mol. The van der Waals surface area contributed by atoms with E-state index in [0.29, 0.717) is 0 Å². The van der Waals surface area contributed by atoms with E-state index in [1.165, 1.54) is 168 Å². The van der Waals surface area contributed by atoms with Crippen LogP contribution in [-0.4, -0.2) is 63.5 Å². The molecule has 12 nitrogen and oxygen atoms in total. The van der Waals surface area contributed by atoms with Crippen molar-refractivity contribution in [3.8, 4) is 67.3 Å². The first-order chi connectivity index (χ1) is 53.0. The molecule has 0 atom stereocenters. The van der Waals surface area contributed by atoms with Gasteiger partial charge in [0.05, 0.1) is 39.6 Å². The fourth-order valence-corrected chi connectivity index (χ4v) is 12.3. The van der Waals surface area contributed by atoms with Crippen molar-refractivity contribution in [1.82, 2.24) is 19.9 Å². The largest absolute Gasteiger partial charge is 0.512 e. The average molecular weight is 2260 g/mol. The van der Waals surface area contributed by atoms with E-state index in [-0.39, 0.29) is 127 Å². The SMILES string of the molecule is CC(=O)C=C(C)O.CC(=O)C=C(C)O.CC(=O)C=C(C)O.CC(=O)C=C(C)O.Cc1[c-]c(-c2cc(-c3ccc(C)cc3)c3ccccc3n2)cc(C)c1.Cc1[c-]c(-c2cc(C)c3c(C)cccc3n2)cc(C)c1.Cc1[c-]c(-c2cc(C)c3ccccc3n2)cc(C)c1.Cc1cc(C)cc(-c2ccnc(-c3[c-]cccc3)c2)c1.[Ir].[Ir].[Ir].[Ir]. The minimum atomic E-state index is -0.125. The summed E-state index contributed by atoms with van der Waals surface area (Å²) in [6, 6.07) is 83.2. The number of benzene rings is 9. The van der Waals surface area contributed by atoms with Gasteiger partial charge in [0.25, 0.3) is 0 Å². The summed E-state index contributed by atoms with van der Waals surface area (Å²) in [7, 11) is 0. The van der Waals surface area contributed by atoms with Crippen LogP contribution in [0.5, 0.6) is 0 Å². The van der Waals surface area contributed by atoms with Crippen LogP contribution in [0, 0.1) is 107 Å². The first kappa shape index (κ1) is 102. The Morgan fingerprint density at radius 1 is 0.310 bits per heavy atom. The van der Waals surface area contributed by atoms with Crippen molar-refractivity contribution in [2.45, 2.75) is 138 Å². The van der Waals surface area contributed by atoms with Gasteiger partial charge in [-0.05, 0) is 183 Å². The number of hydrogen-bond donors (Lipinski definition) is 4. The molecule has 0 amide bonds. The van der Waals surface area contributed by atoms with Gasteiger partial charge in [-0.1, -0.05) is 173 Å². The van der Waals surface area contributed by atoms with Crippen LogP contribution in [0.3, 0.4) is 0 Å². The summed E-state index contributed by atoms with van der Waals surface area (Å²) in [5.41, 5.74) is 31.0. The van der Waals surface area contributed by atoms with Gasteiger partial charge in [0, 0.05) is 127 Å². The molecule has 0 aliphatic carbocycles. The minimum Gasteiger partial charge on any atom is -0.512 e. The van der Waals surface area contributed by atoms with E-state index >= 15 is 0 Å². The summed E-state index contributed by atoms with van der Waals surface area (Å²) in [6.45, 7) is 36.8. The van der Waals surface area contributed by atoms with Crippen LogP contribution in [-0.2, 0) is 99.6 Å². The Morgan fingerprint density at radius 2 is 0.698 bits per heavy atom. The number of ketones is 4. The van der Waals surface area contributed by atoms with E-state index < -0.39 is 0 Å². The number of para-hydroxylation sites is 2. The molecular formula is C100H102Ir4N4O8-4. The number of carbonyl (C=O) groups is 4. The summed E-state index contributed by atoms with van der Waals surface area (Å²) >= 11 is 0. The zero-order valence-electron chi connectivity index (χ0n) is 69.5. The Kier molecular flexibility index (Phi) is 44.2. The molecule has 13 aromatic rings. The molecule has 0 fully saturated rings. The number of fused-ring (bicyclic) bond motifs is 3. The van der Waals surface area contributed by atoms with Gasteiger partial charge in [0.1, 0.15) is 0 Å². The Bertz CT molecular complexity index is 5410. The Morgan fingerprint density at radius 3 is 1.11 bits per heavy atom. The number of pyridine rings is 4. The quantitative estimate of drug-likeness (QED) is 0.0574. The van der Waals surface area contributed by atoms with Gasteiger partial charge in [-0.2, -0.15) is 0 Å². The van der Waals surface area contributed by atoms with Crippen LogP contribution in [0.15, 0.2) is 254 Å². The number of aliphatic hydroxyl groups is 4. The minimum absolute atomic E-state index is 0. The Hall–Kier alpha value is -10.2. The van der Waals surface area contributed by atoms with E-state index in [9.17, 15) is 19.2 Å². The summed E-state index contributed by atoms with van der Waals surface area (Å²) in [4.78, 5) is 59.0. The molecule has 9 aromatic carbocycles. The molecule has 4 N–H and O–H groups in total. The monoisotopic (exact) mass is 2260 g/mol. The molecule has 0 bridgehead atoms. The van der Waals surface area contributed by atoms with Crippen molar-refractivity contribution in [1.29, 1.82) is 0 Å². The first-order valence-corrected chi connectivity index (χ1v) is 36.8. The van der Waals surface area contributed by atoms with Crippen LogP contribution in [0.25, 0.3) is 100.0 Å². The van der Waals surface area contributed by atoms with Crippen molar-refractivity contribution >= 4 is 55.8 Å². The van der Waals surface area contributed by atoms with Crippen molar-refractivity contribution in [3.63, 3.8) is 0 Å². The third-order valence-electron chi connectivity index (χ3n) is 16.5. The Balaban J connectivity index is 0.000000469. The third-order valence-corrected chi connectivity index (χ3v) is 16.5. The van der Waals surface area contributed by atoms with Crippen LogP contribution in [0.4, 0.5) is 0 Å². The van der Waals surface area contributed by atoms with Gasteiger partial charge in [-0.25, -0.2) is 0 Å². The zero-order valence-corrected chi connectivity index (χ0v) is 79.1. The van der Waals surface area contributed by atoms with E-state index in [1.54, 1.807) is 0 Å². The van der Waals surface area contributed by atoms with Crippen molar-refractivity contribution < 1.29 is 120 Å². The van der Waals surface area contributed by atoms with Crippen LogP contribution < -0.4 is 0 Å². The number of aryl methyl sites for hydroxylation is 12. The van der Waals surface area contributed by atoms with Crippen LogP contribution in [0.2, 0.25) is 0 Å². The molecule has 0 saturated carbocycles. The molecule has 0 aliphatic heterocycles. The summed E-state index contributed by atoms with van der Waals surface area (Å²) in [5, 5.41) is 37.1. The number of aromatic nitrogens is 4. The van der Waals surface area contributed by atoms with Gasteiger partial charge in [0.15, 0.2) is 23.1 Å². The van der Waals surface area contributed by atoms with Crippen LogP contribution in [0.1, 0.15) is 122 Å². The van der Waals surface area contributed by atoms with Gasteiger partial charge in [-0.3, -0.25) is 34.1 Å². The second-order valence-electron chi connectivity index (χ2n) is 28.0. The van der Waals surface area contributed by atoms with Crippen molar-refractivity contribution in [2.75, 3.05) is 0 Å². The Labute approximate surface area is 740 Å². The van der Waals surface area contributed by atoms with E-state index in [2.05, 4.69) is 276 Å². The molecule has 0 aliphatic rings. The molecule has 0 saturated heterocycles. The smallest absolute Gasteiger partial charge is 0.155 e. The maximum Gasteiger partial charge on any atom is 0.155 e. The fraction of sp³-hybridized carbons (Fsp3) is 0.200. The van der Waals surface area contributed by atoms with E-state index in [0.717, 1.165) is 78.3 Å². The van der Waals surface area contributed by atoms with Gasteiger partial charge < -0.3 is 25.4 Å². The third kappa shape index (κ3) is 34.7. The number of rotatable bonds is 10. The van der Waals surface area contributed by atoms with E-state index in [4.69, 9.17) is 35.4 Å². The molecule has 13 rings (SSSR count). The normalized spacial score (nSPS) is 10.6. The number of allylic oxidation sites excluding steroid dienone is 8. The second kappa shape index (κ2) is 50.3. The maximum atomic E-state index is 10.0. The summed E-state index contributed by atoms with van der Waals surface area (Å²) in [6.07, 6.45) is 6.53. The van der Waals surface area contributed by atoms with Gasteiger partial charge >= 0.3 is 0 Å². The first-order valence-electron chi connectivity index (χ1n) is 36.8. The molecule has 0 spiro atoms. The van der Waals surface area contributed by atoms with Crippen LogP contribution >= 0.6 is 0 Å². The average Bonchev–Trinajstić information content (AvgIpc) is 0.791. The summed E-state index contributed by atoms with van der Waals surface area (Å²) < 4.78 is 0. The molecule has 0 unspecified atom stereocenters. The number of hydrogen-bond acceptors (Lipinski definition) is 12. The molecule has 610 valence electrons. The number of aliphatic hydroxyl groups excluding tert-OH is 4. The van der Waals surface area contributed by atoms with Crippen molar-refractivity contribution in [3.05, 3.63) is 345 Å². The molecule has 4 heterocycles.